The zero-order valence-corrected chi connectivity index (χ0v) is 10.1. The highest BCUT2D eigenvalue weighted by Gasteiger charge is 2.29. The fraction of sp³-hybridized carbons (Fsp3) is 0.286. The minimum atomic E-state index is -0.346. The van der Waals surface area contributed by atoms with Gasteiger partial charge in [-0.1, -0.05) is 48.6 Å². The van der Waals surface area contributed by atoms with Crippen LogP contribution < -0.4 is 0 Å². The molecule has 0 bridgehead atoms. The van der Waals surface area contributed by atoms with E-state index in [0.717, 1.165) is 6.42 Å². The van der Waals surface area contributed by atoms with Crippen molar-refractivity contribution in [2.45, 2.75) is 12.0 Å². The monoisotopic (exact) mass is 234 g/mol. The maximum atomic E-state index is 5.99. The van der Waals surface area contributed by atoms with E-state index < -0.39 is 0 Å². The number of allylic oxidation sites excluding steroid dienone is 2. The predicted molar refractivity (Wildman–Crippen MR) is 68.6 cm³/mol. The van der Waals surface area contributed by atoms with E-state index in [0.29, 0.717) is 5.88 Å². The van der Waals surface area contributed by atoms with Gasteiger partial charge < -0.3 is 4.74 Å². The molecule has 0 radical (unpaired) electrons. The first-order chi connectivity index (χ1) is 7.79. The normalized spacial score (nSPS) is 24.2. The van der Waals surface area contributed by atoms with Gasteiger partial charge in [0.2, 0.25) is 0 Å². The lowest BCUT2D eigenvalue weighted by atomic mass is 9.87. The molecule has 0 spiro atoms. The van der Waals surface area contributed by atoms with E-state index >= 15 is 0 Å². The van der Waals surface area contributed by atoms with Crippen molar-refractivity contribution in [2.24, 2.45) is 0 Å². The van der Waals surface area contributed by atoms with Crippen molar-refractivity contribution in [3.05, 3.63) is 54.1 Å². The molecular weight excluding hydrogens is 220 g/mol. The molecule has 1 aromatic carbocycles. The number of hydrogen-bond donors (Lipinski definition) is 0. The highest BCUT2D eigenvalue weighted by Crippen LogP contribution is 2.32. The summed E-state index contributed by atoms with van der Waals surface area (Å²) in [7, 11) is 1.71. The molecule has 0 saturated carbocycles. The second kappa shape index (κ2) is 4.86. The average molecular weight is 235 g/mol. The molecule has 0 aromatic heterocycles. The molecule has 1 nitrogen and oxygen atoms in total. The van der Waals surface area contributed by atoms with E-state index in [-0.39, 0.29) is 5.60 Å². The summed E-state index contributed by atoms with van der Waals surface area (Å²) in [5.41, 5.74) is 2.16. The smallest absolute Gasteiger partial charge is 0.104 e. The molecule has 0 amide bonds. The summed E-state index contributed by atoms with van der Waals surface area (Å²) in [5.74, 6) is 0.476. The Labute approximate surface area is 101 Å². The Kier molecular flexibility index (Phi) is 3.47. The van der Waals surface area contributed by atoms with Gasteiger partial charge in [-0.15, -0.1) is 11.6 Å². The molecule has 1 atom stereocenters. The lowest BCUT2D eigenvalue weighted by Crippen LogP contribution is -2.32. The molecule has 84 valence electrons. The minimum absolute atomic E-state index is 0.346. The molecule has 0 heterocycles. The molecule has 0 N–H and O–H groups in total. The summed E-state index contributed by atoms with van der Waals surface area (Å²) in [6.07, 6.45) is 7.01. The Morgan fingerprint density at radius 1 is 1.31 bits per heavy atom. The first-order valence-corrected chi connectivity index (χ1v) is 5.88. The summed E-state index contributed by atoms with van der Waals surface area (Å²) >= 11 is 5.99. The molecule has 1 aromatic rings. The van der Waals surface area contributed by atoms with Gasteiger partial charge in [0.15, 0.2) is 0 Å². The Morgan fingerprint density at radius 3 is 2.69 bits per heavy atom. The van der Waals surface area contributed by atoms with Crippen LogP contribution in [-0.4, -0.2) is 18.6 Å². The number of hydrogen-bond acceptors (Lipinski definition) is 1. The van der Waals surface area contributed by atoms with Gasteiger partial charge in [0.1, 0.15) is 5.60 Å². The standard InChI is InChI=1S/C14H15ClO/c1-16-14(11-15)9-5-8-13(10-14)12-6-3-2-4-7-12/h2-9H,10-11H2,1H3. The molecule has 2 rings (SSSR count). The van der Waals surface area contributed by atoms with Gasteiger partial charge in [0.05, 0.1) is 5.88 Å². The maximum Gasteiger partial charge on any atom is 0.104 e. The number of ether oxygens (including phenoxy) is 1. The summed E-state index contributed by atoms with van der Waals surface area (Å²) in [4.78, 5) is 0. The molecule has 1 aliphatic carbocycles. The Bertz CT molecular complexity index is 402. The Balaban J connectivity index is 2.26. The van der Waals surface area contributed by atoms with Crippen LogP contribution in [0.3, 0.4) is 0 Å². The molecule has 1 aliphatic rings. The third kappa shape index (κ3) is 2.21. The van der Waals surface area contributed by atoms with Crippen LogP contribution in [0.4, 0.5) is 0 Å². The number of rotatable bonds is 3. The number of benzene rings is 1. The van der Waals surface area contributed by atoms with Gasteiger partial charge in [0, 0.05) is 13.5 Å². The fourth-order valence-corrected chi connectivity index (χ4v) is 2.21. The van der Waals surface area contributed by atoms with Crippen molar-refractivity contribution in [1.82, 2.24) is 0 Å². The highest BCUT2D eigenvalue weighted by atomic mass is 35.5. The van der Waals surface area contributed by atoms with Crippen molar-refractivity contribution in [3.63, 3.8) is 0 Å². The summed E-state index contributed by atoms with van der Waals surface area (Å²) in [6.45, 7) is 0. The largest absolute Gasteiger partial charge is 0.373 e. The van der Waals surface area contributed by atoms with Crippen LogP contribution in [-0.2, 0) is 4.74 Å². The van der Waals surface area contributed by atoms with E-state index in [1.54, 1.807) is 7.11 Å². The molecule has 0 aliphatic heterocycles. The van der Waals surface area contributed by atoms with Crippen LogP contribution in [0, 0.1) is 0 Å². The summed E-state index contributed by atoms with van der Waals surface area (Å²) < 4.78 is 5.52. The average Bonchev–Trinajstić information content (AvgIpc) is 2.40. The summed E-state index contributed by atoms with van der Waals surface area (Å²) in [6, 6.07) is 10.3. The van der Waals surface area contributed by atoms with Crippen molar-refractivity contribution in [3.8, 4) is 0 Å². The molecule has 16 heavy (non-hydrogen) atoms. The van der Waals surface area contributed by atoms with Gasteiger partial charge in [0.25, 0.3) is 0 Å². The third-order valence-electron chi connectivity index (χ3n) is 2.96. The van der Waals surface area contributed by atoms with Gasteiger partial charge >= 0.3 is 0 Å². The molecule has 0 fully saturated rings. The predicted octanol–water partition coefficient (Wildman–Crippen LogP) is 3.65. The number of alkyl halides is 1. The SMILES string of the molecule is COC1(CCl)C=CC=C(c2ccccc2)C1. The van der Waals surface area contributed by atoms with E-state index in [1.165, 1.54) is 11.1 Å². The van der Waals surface area contributed by atoms with Crippen LogP contribution in [0.1, 0.15) is 12.0 Å². The van der Waals surface area contributed by atoms with E-state index in [9.17, 15) is 0 Å². The molecule has 0 saturated heterocycles. The number of methoxy groups -OCH3 is 1. The van der Waals surface area contributed by atoms with Gasteiger partial charge in [-0.3, -0.25) is 0 Å². The lowest BCUT2D eigenvalue weighted by molar-refractivity contribution is 0.0557. The van der Waals surface area contributed by atoms with Crippen LogP contribution in [0.25, 0.3) is 5.57 Å². The van der Waals surface area contributed by atoms with Gasteiger partial charge in [-0.2, -0.15) is 0 Å². The summed E-state index contributed by atoms with van der Waals surface area (Å²) in [5, 5.41) is 0. The second-order valence-corrected chi connectivity index (χ2v) is 4.26. The van der Waals surface area contributed by atoms with Crippen molar-refractivity contribution in [1.29, 1.82) is 0 Å². The molecular formula is C14H15ClO. The topological polar surface area (TPSA) is 9.23 Å². The van der Waals surface area contributed by atoms with E-state index in [4.69, 9.17) is 16.3 Å². The van der Waals surface area contributed by atoms with Crippen LogP contribution in [0.2, 0.25) is 0 Å². The maximum absolute atomic E-state index is 5.99. The lowest BCUT2D eigenvalue weighted by Gasteiger charge is -2.30. The molecule has 2 heteroatoms. The first-order valence-electron chi connectivity index (χ1n) is 5.34. The van der Waals surface area contributed by atoms with E-state index in [2.05, 4.69) is 18.2 Å². The van der Waals surface area contributed by atoms with Gasteiger partial charge in [-0.25, -0.2) is 0 Å². The first kappa shape index (κ1) is 11.4. The quantitative estimate of drug-likeness (QED) is 0.726. The second-order valence-electron chi connectivity index (χ2n) is 4.00. The van der Waals surface area contributed by atoms with Crippen molar-refractivity contribution < 1.29 is 4.74 Å². The highest BCUT2D eigenvalue weighted by molar-refractivity contribution is 6.18. The Morgan fingerprint density at radius 2 is 2.06 bits per heavy atom. The third-order valence-corrected chi connectivity index (χ3v) is 3.42. The molecule has 1 unspecified atom stereocenters. The number of halogens is 1. The Hall–Kier alpha value is -1.05. The minimum Gasteiger partial charge on any atom is -0.373 e. The van der Waals surface area contributed by atoms with Crippen LogP contribution in [0.15, 0.2) is 48.6 Å². The van der Waals surface area contributed by atoms with Gasteiger partial charge in [-0.05, 0) is 11.1 Å². The van der Waals surface area contributed by atoms with Crippen LogP contribution in [0.5, 0.6) is 0 Å². The zero-order valence-electron chi connectivity index (χ0n) is 9.32. The van der Waals surface area contributed by atoms with Crippen molar-refractivity contribution in [2.75, 3.05) is 13.0 Å². The zero-order chi connectivity index (χ0) is 11.4. The van der Waals surface area contributed by atoms with E-state index in [1.807, 2.05) is 30.4 Å². The fourth-order valence-electron chi connectivity index (χ4n) is 1.92. The van der Waals surface area contributed by atoms with Crippen molar-refractivity contribution >= 4 is 17.2 Å². The van der Waals surface area contributed by atoms with Crippen LogP contribution >= 0.6 is 11.6 Å².